The molecule has 0 aromatic carbocycles. The van der Waals surface area contributed by atoms with Gasteiger partial charge in [0.1, 0.15) is 0 Å². The van der Waals surface area contributed by atoms with Crippen LogP contribution in [0.1, 0.15) is 26.2 Å². The van der Waals surface area contributed by atoms with Crippen molar-refractivity contribution < 1.29 is 23.4 Å². The Bertz CT molecular complexity index is 198. The first-order valence-corrected chi connectivity index (χ1v) is 5.04. The maximum atomic E-state index is 12.3. The predicted octanol–water partition coefficient (Wildman–Crippen LogP) is 1.10. The molecule has 3 atom stereocenters. The molecule has 1 rings (SSSR count). The van der Waals surface area contributed by atoms with Gasteiger partial charge in [-0.25, -0.2) is 0 Å². The summed E-state index contributed by atoms with van der Waals surface area (Å²) in [6.07, 6.45) is -5.46. The molecule has 0 amide bonds. The minimum Gasteiger partial charge on any atom is -0.395 e. The quantitative estimate of drug-likeness (QED) is 0.759. The van der Waals surface area contributed by atoms with Crippen LogP contribution in [0.5, 0.6) is 0 Å². The Balaban J connectivity index is 2.78. The Labute approximate surface area is 86.5 Å². The Morgan fingerprint density at radius 2 is 1.87 bits per heavy atom. The largest absolute Gasteiger partial charge is 0.428 e. The summed E-state index contributed by atoms with van der Waals surface area (Å²) in [5.41, 5.74) is 0. The molecule has 1 aliphatic heterocycles. The molecule has 1 saturated heterocycles. The summed E-state index contributed by atoms with van der Waals surface area (Å²) >= 11 is 0. The van der Waals surface area contributed by atoms with E-state index >= 15 is 0 Å². The van der Waals surface area contributed by atoms with Crippen LogP contribution in [-0.2, 0) is 0 Å². The zero-order chi connectivity index (χ0) is 11.6. The molecule has 0 bridgehead atoms. The molecular weight excluding hydrogens is 211 g/mol. The third-order valence-electron chi connectivity index (χ3n) is 2.93. The van der Waals surface area contributed by atoms with Crippen molar-refractivity contribution in [1.82, 2.24) is 4.90 Å². The van der Waals surface area contributed by atoms with Crippen LogP contribution in [0.4, 0.5) is 13.2 Å². The van der Waals surface area contributed by atoms with Crippen molar-refractivity contribution >= 4 is 0 Å². The monoisotopic (exact) mass is 227 g/mol. The van der Waals surface area contributed by atoms with Crippen LogP contribution >= 0.6 is 0 Å². The zero-order valence-corrected chi connectivity index (χ0v) is 8.54. The van der Waals surface area contributed by atoms with E-state index in [0.29, 0.717) is 19.3 Å². The molecule has 0 spiro atoms. The SMILES string of the molecule is CCC1CCC(CO)N1C(O)C(F)(F)F. The summed E-state index contributed by atoms with van der Waals surface area (Å²) in [6.45, 7) is 1.43. The van der Waals surface area contributed by atoms with E-state index in [1.807, 2.05) is 0 Å². The summed E-state index contributed by atoms with van der Waals surface area (Å²) < 4.78 is 37.0. The topological polar surface area (TPSA) is 43.7 Å². The molecule has 0 aromatic heterocycles. The average molecular weight is 227 g/mol. The van der Waals surface area contributed by atoms with Gasteiger partial charge in [-0.1, -0.05) is 6.92 Å². The van der Waals surface area contributed by atoms with E-state index in [0.717, 1.165) is 4.90 Å². The molecule has 1 fully saturated rings. The average Bonchev–Trinajstić information content (AvgIpc) is 2.57. The van der Waals surface area contributed by atoms with Crippen LogP contribution in [0.15, 0.2) is 0 Å². The first kappa shape index (κ1) is 12.7. The molecule has 6 heteroatoms. The van der Waals surface area contributed by atoms with E-state index in [1.165, 1.54) is 0 Å². The maximum absolute atomic E-state index is 12.3. The number of hydrogen-bond acceptors (Lipinski definition) is 3. The number of alkyl halides is 3. The van der Waals surface area contributed by atoms with Crippen molar-refractivity contribution in [3.63, 3.8) is 0 Å². The molecule has 90 valence electrons. The highest BCUT2D eigenvalue weighted by molar-refractivity contribution is 4.89. The van der Waals surface area contributed by atoms with Gasteiger partial charge in [0, 0.05) is 12.1 Å². The number of nitrogens with zero attached hydrogens (tertiary/aromatic N) is 1. The van der Waals surface area contributed by atoms with Crippen molar-refractivity contribution in [2.45, 2.75) is 50.7 Å². The Kier molecular flexibility index (Phi) is 3.97. The molecule has 3 nitrogen and oxygen atoms in total. The second kappa shape index (κ2) is 4.67. The van der Waals surface area contributed by atoms with E-state index < -0.39 is 18.4 Å². The molecule has 0 aromatic rings. The fraction of sp³-hybridized carbons (Fsp3) is 1.00. The lowest BCUT2D eigenvalue weighted by Gasteiger charge is -2.34. The fourth-order valence-corrected chi connectivity index (χ4v) is 2.15. The van der Waals surface area contributed by atoms with E-state index in [9.17, 15) is 18.3 Å². The minimum atomic E-state index is -4.65. The molecular formula is C9H16F3NO2. The molecule has 1 heterocycles. The van der Waals surface area contributed by atoms with Gasteiger partial charge in [-0.3, -0.25) is 4.90 Å². The maximum Gasteiger partial charge on any atom is 0.428 e. The number of aliphatic hydroxyl groups is 2. The highest BCUT2D eigenvalue weighted by atomic mass is 19.4. The van der Waals surface area contributed by atoms with Gasteiger partial charge in [-0.05, 0) is 19.3 Å². The summed E-state index contributed by atoms with van der Waals surface area (Å²) in [6, 6.07) is -0.870. The first-order chi connectivity index (χ1) is 6.91. The van der Waals surface area contributed by atoms with Crippen LogP contribution in [-0.4, -0.2) is 46.2 Å². The summed E-state index contributed by atoms with van der Waals surface area (Å²) in [5, 5.41) is 18.1. The number of hydrogen-bond donors (Lipinski definition) is 2. The number of aliphatic hydroxyl groups excluding tert-OH is 2. The normalized spacial score (nSPS) is 30.8. The Morgan fingerprint density at radius 3 is 2.27 bits per heavy atom. The summed E-state index contributed by atoms with van der Waals surface area (Å²) in [7, 11) is 0. The van der Waals surface area contributed by atoms with Crippen molar-refractivity contribution in [3.8, 4) is 0 Å². The smallest absolute Gasteiger partial charge is 0.395 e. The first-order valence-electron chi connectivity index (χ1n) is 5.04. The van der Waals surface area contributed by atoms with E-state index in [4.69, 9.17) is 5.11 Å². The molecule has 0 saturated carbocycles. The van der Waals surface area contributed by atoms with Gasteiger partial charge in [-0.2, -0.15) is 13.2 Å². The van der Waals surface area contributed by atoms with Crippen LogP contribution in [0.25, 0.3) is 0 Å². The molecule has 3 unspecified atom stereocenters. The van der Waals surface area contributed by atoms with Crippen LogP contribution in [0.3, 0.4) is 0 Å². The predicted molar refractivity (Wildman–Crippen MR) is 48.1 cm³/mol. The molecule has 1 aliphatic rings. The van der Waals surface area contributed by atoms with E-state index in [2.05, 4.69) is 0 Å². The van der Waals surface area contributed by atoms with Gasteiger partial charge in [0.05, 0.1) is 6.61 Å². The second-order valence-corrected chi connectivity index (χ2v) is 3.84. The van der Waals surface area contributed by atoms with Crippen molar-refractivity contribution in [1.29, 1.82) is 0 Å². The number of halogens is 3. The highest BCUT2D eigenvalue weighted by Crippen LogP contribution is 2.33. The highest BCUT2D eigenvalue weighted by Gasteiger charge is 2.48. The minimum absolute atomic E-state index is 0.293. The molecule has 0 aliphatic carbocycles. The number of likely N-dealkylation sites (tertiary alicyclic amines) is 1. The summed E-state index contributed by atoms with van der Waals surface area (Å²) in [5.74, 6) is 0. The van der Waals surface area contributed by atoms with Gasteiger partial charge < -0.3 is 10.2 Å². The van der Waals surface area contributed by atoms with Gasteiger partial charge in [0.15, 0.2) is 0 Å². The van der Waals surface area contributed by atoms with Crippen molar-refractivity contribution in [3.05, 3.63) is 0 Å². The van der Waals surface area contributed by atoms with Gasteiger partial charge >= 0.3 is 6.18 Å². The van der Waals surface area contributed by atoms with Gasteiger partial charge in [-0.15, -0.1) is 0 Å². The molecule has 2 N–H and O–H groups in total. The second-order valence-electron chi connectivity index (χ2n) is 3.84. The third-order valence-corrected chi connectivity index (χ3v) is 2.93. The van der Waals surface area contributed by atoms with E-state index in [-0.39, 0.29) is 12.6 Å². The van der Waals surface area contributed by atoms with Crippen LogP contribution in [0, 0.1) is 0 Å². The molecule has 0 radical (unpaired) electrons. The summed E-state index contributed by atoms with van der Waals surface area (Å²) in [4.78, 5) is 0.986. The standard InChI is InChI=1S/C9H16F3NO2/c1-2-6-3-4-7(5-14)13(6)8(15)9(10,11)12/h6-8,14-15H,2-5H2,1H3. The zero-order valence-electron chi connectivity index (χ0n) is 8.54. The molecule has 15 heavy (non-hydrogen) atoms. The van der Waals surface area contributed by atoms with Gasteiger partial charge in [0.2, 0.25) is 6.23 Å². The Morgan fingerprint density at radius 1 is 1.33 bits per heavy atom. The van der Waals surface area contributed by atoms with Crippen molar-refractivity contribution in [2.24, 2.45) is 0 Å². The lowest BCUT2D eigenvalue weighted by molar-refractivity contribution is -0.259. The lowest BCUT2D eigenvalue weighted by atomic mass is 10.1. The number of rotatable bonds is 3. The van der Waals surface area contributed by atoms with Crippen LogP contribution in [0.2, 0.25) is 0 Å². The third kappa shape index (κ3) is 2.62. The lowest BCUT2D eigenvalue weighted by Crippen LogP contribution is -2.52. The van der Waals surface area contributed by atoms with E-state index in [1.54, 1.807) is 6.92 Å². The van der Waals surface area contributed by atoms with Gasteiger partial charge in [0.25, 0.3) is 0 Å². The van der Waals surface area contributed by atoms with Crippen molar-refractivity contribution in [2.75, 3.05) is 6.61 Å². The van der Waals surface area contributed by atoms with Crippen LogP contribution < -0.4 is 0 Å². The Hall–Kier alpha value is -0.330. The fourth-order valence-electron chi connectivity index (χ4n) is 2.15.